The number of rotatable bonds is 5. The average molecular weight is 376 g/mol. The van der Waals surface area contributed by atoms with Crippen LogP contribution >= 0.6 is 11.3 Å². The molecular formula is C22H20N2O2S. The third-order valence-electron chi connectivity index (χ3n) is 4.00. The molecule has 0 bridgehead atoms. The van der Waals surface area contributed by atoms with E-state index in [4.69, 9.17) is 0 Å². The van der Waals surface area contributed by atoms with Gasteiger partial charge in [0.25, 0.3) is 11.8 Å². The molecule has 2 amide bonds. The molecule has 1 aromatic heterocycles. The lowest BCUT2D eigenvalue weighted by Gasteiger charge is -2.13. The maximum Gasteiger partial charge on any atom is 0.272 e. The Morgan fingerprint density at radius 2 is 1.74 bits per heavy atom. The van der Waals surface area contributed by atoms with Crippen molar-refractivity contribution in [1.29, 1.82) is 0 Å². The molecule has 4 nitrogen and oxygen atoms in total. The number of amides is 2. The summed E-state index contributed by atoms with van der Waals surface area (Å²) in [5.41, 5.74) is 3.43. The van der Waals surface area contributed by atoms with Crippen molar-refractivity contribution in [3.8, 4) is 0 Å². The third-order valence-corrected chi connectivity index (χ3v) is 4.82. The summed E-state index contributed by atoms with van der Waals surface area (Å²) in [5.74, 6) is -0.684. The first kappa shape index (κ1) is 18.6. The molecule has 0 atom stereocenters. The van der Waals surface area contributed by atoms with Crippen molar-refractivity contribution in [2.45, 2.75) is 13.8 Å². The van der Waals surface area contributed by atoms with Crippen molar-refractivity contribution in [3.05, 3.63) is 93.3 Å². The van der Waals surface area contributed by atoms with Gasteiger partial charge in [0.2, 0.25) is 0 Å². The Morgan fingerprint density at radius 3 is 2.44 bits per heavy atom. The van der Waals surface area contributed by atoms with Crippen molar-refractivity contribution in [3.63, 3.8) is 0 Å². The molecule has 0 saturated heterocycles. The largest absolute Gasteiger partial charge is 0.320 e. The number of thiophene rings is 1. The number of aryl methyl sites for hydroxylation is 2. The SMILES string of the molecule is Cc1ccc(C)c(NC(=O)/C(=C/c2cccs2)NC(=O)c2ccccc2)c1. The molecule has 5 heteroatoms. The Bertz CT molecular complexity index is 977. The molecule has 0 aliphatic rings. The lowest BCUT2D eigenvalue weighted by Crippen LogP contribution is -2.30. The lowest BCUT2D eigenvalue weighted by atomic mass is 10.1. The van der Waals surface area contributed by atoms with Gasteiger partial charge in [-0.05, 0) is 60.7 Å². The minimum absolute atomic E-state index is 0.201. The van der Waals surface area contributed by atoms with E-state index in [1.165, 1.54) is 11.3 Å². The number of anilines is 1. The maximum atomic E-state index is 12.9. The van der Waals surface area contributed by atoms with Crippen molar-refractivity contribution < 1.29 is 9.59 Å². The fourth-order valence-corrected chi connectivity index (χ4v) is 3.18. The zero-order valence-corrected chi connectivity index (χ0v) is 16.0. The van der Waals surface area contributed by atoms with Gasteiger partial charge in [-0.15, -0.1) is 11.3 Å². The van der Waals surface area contributed by atoms with Crippen LogP contribution in [-0.2, 0) is 4.79 Å². The molecule has 0 spiro atoms. The highest BCUT2D eigenvalue weighted by atomic mass is 32.1. The number of carbonyl (C=O) groups excluding carboxylic acids is 2. The highest BCUT2D eigenvalue weighted by Crippen LogP contribution is 2.18. The van der Waals surface area contributed by atoms with Gasteiger partial charge >= 0.3 is 0 Å². The van der Waals surface area contributed by atoms with Gasteiger partial charge in [0.1, 0.15) is 5.70 Å². The van der Waals surface area contributed by atoms with Crippen LogP contribution in [0.2, 0.25) is 0 Å². The van der Waals surface area contributed by atoms with Gasteiger partial charge in [0.05, 0.1) is 0 Å². The first-order valence-electron chi connectivity index (χ1n) is 8.53. The van der Waals surface area contributed by atoms with E-state index in [9.17, 15) is 9.59 Å². The molecule has 2 aromatic carbocycles. The Balaban J connectivity index is 1.87. The number of hydrogen-bond donors (Lipinski definition) is 2. The summed E-state index contributed by atoms with van der Waals surface area (Å²) in [6.45, 7) is 3.90. The molecule has 0 aliphatic heterocycles. The van der Waals surface area contributed by atoms with Crippen molar-refractivity contribution >= 4 is 34.9 Å². The summed E-state index contributed by atoms with van der Waals surface area (Å²) in [7, 11) is 0. The number of hydrogen-bond acceptors (Lipinski definition) is 3. The second-order valence-corrected chi connectivity index (χ2v) is 7.15. The molecule has 2 N–H and O–H groups in total. The second-order valence-electron chi connectivity index (χ2n) is 6.17. The summed E-state index contributed by atoms with van der Waals surface area (Å²) in [6, 6.07) is 18.5. The van der Waals surface area contributed by atoms with Crippen LogP contribution in [0.3, 0.4) is 0 Å². The van der Waals surface area contributed by atoms with Crippen LogP contribution in [0.4, 0.5) is 5.69 Å². The molecule has 0 fully saturated rings. The van der Waals surface area contributed by atoms with Crippen LogP contribution in [0, 0.1) is 13.8 Å². The van der Waals surface area contributed by atoms with E-state index in [2.05, 4.69) is 10.6 Å². The second kappa shape index (κ2) is 8.47. The summed E-state index contributed by atoms with van der Waals surface area (Å²) in [6.07, 6.45) is 1.69. The van der Waals surface area contributed by atoms with E-state index in [1.807, 2.05) is 55.6 Å². The van der Waals surface area contributed by atoms with E-state index < -0.39 is 0 Å². The first-order chi connectivity index (χ1) is 13.0. The predicted octanol–water partition coefficient (Wildman–Crippen LogP) is 4.77. The molecule has 1 heterocycles. The zero-order valence-electron chi connectivity index (χ0n) is 15.2. The van der Waals surface area contributed by atoms with Crippen LogP contribution in [-0.4, -0.2) is 11.8 Å². The molecule has 0 saturated carbocycles. The fourth-order valence-electron chi connectivity index (χ4n) is 2.52. The van der Waals surface area contributed by atoms with Crippen LogP contribution in [0.15, 0.2) is 71.7 Å². The first-order valence-corrected chi connectivity index (χ1v) is 9.41. The predicted molar refractivity (Wildman–Crippen MR) is 111 cm³/mol. The molecule has 3 aromatic rings. The van der Waals surface area contributed by atoms with Gasteiger partial charge in [-0.1, -0.05) is 36.4 Å². The van der Waals surface area contributed by atoms with Crippen LogP contribution in [0.25, 0.3) is 6.08 Å². The molecular weight excluding hydrogens is 356 g/mol. The van der Waals surface area contributed by atoms with Crippen LogP contribution in [0.1, 0.15) is 26.4 Å². The molecule has 27 heavy (non-hydrogen) atoms. The fraction of sp³-hybridized carbons (Fsp3) is 0.0909. The van der Waals surface area contributed by atoms with Gasteiger partial charge in [0.15, 0.2) is 0 Å². The highest BCUT2D eigenvalue weighted by Gasteiger charge is 2.16. The lowest BCUT2D eigenvalue weighted by molar-refractivity contribution is -0.113. The zero-order chi connectivity index (χ0) is 19.2. The standard InChI is InChI=1S/C22H20N2O2S/c1-15-10-11-16(2)19(13-15)23-22(26)20(14-18-9-6-12-27-18)24-21(25)17-7-4-3-5-8-17/h3-14H,1-2H3,(H,23,26)(H,24,25)/b20-14-. The number of benzene rings is 2. The molecule has 0 unspecified atom stereocenters. The van der Waals surface area contributed by atoms with Crippen molar-refractivity contribution in [1.82, 2.24) is 5.32 Å². The van der Waals surface area contributed by atoms with Crippen LogP contribution < -0.4 is 10.6 Å². The quantitative estimate of drug-likeness (QED) is 0.630. The summed E-state index contributed by atoms with van der Waals surface area (Å²) in [4.78, 5) is 26.3. The molecule has 0 aliphatic carbocycles. The van der Waals surface area contributed by atoms with E-state index in [0.29, 0.717) is 5.56 Å². The molecule has 136 valence electrons. The number of carbonyl (C=O) groups is 2. The molecule has 0 radical (unpaired) electrons. The summed E-state index contributed by atoms with van der Waals surface area (Å²) in [5, 5.41) is 7.57. The van der Waals surface area contributed by atoms with E-state index in [0.717, 1.165) is 21.7 Å². The summed E-state index contributed by atoms with van der Waals surface area (Å²) < 4.78 is 0. The molecule has 3 rings (SSSR count). The Hall–Kier alpha value is -3.18. The third kappa shape index (κ3) is 4.92. The van der Waals surface area contributed by atoms with Crippen LogP contribution in [0.5, 0.6) is 0 Å². The minimum atomic E-state index is -0.360. The average Bonchev–Trinajstić information content (AvgIpc) is 3.18. The number of nitrogens with one attached hydrogen (secondary N) is 2. The summed E-state index contributed by atoms with van der Waals surface area (Å²) >= 11 is 1.50. The maximum absolute atomic E-state index is 12.9. The van der Waals surface area contributed by atoms with E-state index in [1.54, 1.807) is 30.3 Å². The topological polar surface area (TPSA) is 58.2 Å². The van der Waals surface area contributed by atoms with Gasteiger partial charge < -0.3 is 10.6 Å². The smallest absolute Gasteiger partial charge is 0.272 e. The monoisotopic (exact) mass is 376 g/mol. The Morgan fingerprint density at radius 1 is 0.963 bits per heavy atom. The van der Waals surface area contributed by atoms with Crippen molar-refractivity contribution in [2.24, 2.45) is 0 Å². The van der Waals surface area contributed by atoms with Gasteiger partial charge in [-0.25, -0.2) is 0 Å². The minimum Gasteiger partial charge on any atom is -0.320 e. The van der Waals surface area contributed by atoms with E-state index in [-0.39, 0.29) is 17.5 Å². The van der Waals surface area contributed by atoms with Gasteiger partial charge in [0, 0.05) is 16.1 Å². The van der Waals surface area contributed by atoms with Gasteiger partial charge in [-0.3, -0.25) is 9.59 Å². The van der Waals surface area contributed by atoms with Gasteiger partial charge in [-0.2, -0.15) is 0 Å². The van der Waals surface area contributed by atoms with E-state index >= 15 is 0 Å². The van der Waals surface area contributed by atoms with Crippen molar-refractivity contribution in [2.75, 3.05) is 5.32 Å². The normalized spacial score (nSPS) is 11.1. The highest BCUT2D eigenvalue weighted by molar-refractivity contribution is 7.10. The Labute approximate surface area is 162 Å². The Kier molecular flexibility index (Phi) is 5.84.